The highest BCUT2D eigenvalue weighted by molar-refractivity contribution is 4.77. The van der Waals surface area contributed by atoms with Crippen LogP contribution in [0.25, 0.3) is 0 Å². The van der Waals surface area contributed by atoms with Gasteiger partial charge in [-0.3, -0.25) is 4.90 Å². The Hall–Kier alpha value is -0.0800. The SMILES string of the molecule is CCCC(C)N1CC(C)OC(C)C1. The first kappa shape index (κ1) is 11.0. The molecule has 1 heterocycles. The van der Waals surface area contributed by atoms with E-state index in [1.54, 1.807) is 0 Å². The highest BCUT2D eigenvalue weighted by Gasteiger charge is 2.24. The summed E-state index contributed by atoms with van der Waals surface area (Å²) in [4.78, 5) is 2.56. The second kappa shape index (κ2) is 4.97. The summed E-state index contributed by atoms with van der Waals surface area (Å²) >= 11 is 0. The molecule has 1 saturated heterocycles. The zero-order valence-electron chi connectivity index (χ0n) is 9.42. The Bertz CT molecular complexity index is 139. The van der Waals surface area contributed by atoms with E-state index < -0.39 is 0 Å². The summed E-state index contributed by atoms with van der Waals surface area (Å²) in [6.07, 6.45) is 3.40. The van der Waals surface area contributed by atoms with Crippen LogP contribution >= 0.6 is 0 Å². The summed E-state index contributed by atoms with van der Waals surface area (Å²) in [6, 6.07) is 0.721. The van der Waals surface area contributed by atoms with Crippen molar-refractivity contribution >= 4 is 0 Å². The molecule has 78 valence electrons. The van der Waals surface area contributed by atoms with Crippen LogP contribution in [0.15, 0.2) is 0 Å². The number of morpholine rings is 1. The second-order valence-corrected chi connectivity index (χ2v) is 4.35. The number of ether oxygens (including phenoxy) is 1. The predicted octanol–water partition coefficient (Wildman–Crippen LogP) is 2.28. The van der Waals surface area contributed by atoms with Gasteiger partial charge in [-0.2, -0.15) is 0 Å². The van der Waals surface area contributed by atoms with Gasteiger partial charge in [0.25, 0.3) is 0 Å². The standard InChI is InChI=1S/C11H23NO/c1-5-6-9(2)12-7-10(3)13-11(4)8-12/h9-11H,5-8H2,1-4H3. The van der Waals surface area contributed by atoms with Crippen LogP contribution < -0.4 is 0 Å². The molecule has 3 atom stereocenters. The lowest BCUT2D eigenvalue weighted by Gasteiger charge is -2.38. The largest absolute Gasteiger partial charge is 0.373 e. The smallest absolute Gasteiger partial charge is 0.0678 e. The molecule has 3 unspecified atom stereocenters. The molecule has 0 saturated carbocycles. The van der Waals surface area contributed by atoms with Crippen molar-refractivity contribution in [3.05, 3.63) is 0 Å². The van der Waals surface area contributed by atoms with E-state index in [4.69, 9.17) is 4.74 Å². The van der Waals surface area contributed by atoms with Gasteiger partial charge in [0.05, 0.1) is 12.2 Å². The fraction of sp³-hybridized carbons (Fsp3) is 1.00. The second-order valence-electron chi connectivity index (χ2n) is 4.35. The summed E-state index contributed by atoms with van der Waals surface area (Å²) in [5.74, 6) is 0. The van der Waals surface area contributed by atoms with Crippen molar-refractivity contribution in [3.8, 4) is 0 Å². The molecular weight excluding hydrogens is 162 g/mol. The summed E-state index contributed by atoms with van der Waals surface area (Å²) < 4.78 is 5.70. The lowest BCUT2D eigenvalue weighted by Crippen LogP contribution is -2.49. The molecule has 1 aliphatic rings. The van der Waals surface area contributed by atoms with Crippen molar-refractivity contribution in [2.75, 3.05) is 13.1 Å². The summed E-state index contributed by atoms with van der Waals surface area (Å²) in [7, 11) is 0. The van der Waals surface area contributed by atoms with Crippen LogP contribution in [0, 0.1) is 0 Å². The molecule has 13 heavy (non-hydrogen) atoms. The van der Waals surface area contributed by atoms with E-state index in [2.05, 4.69) is 32.6 Å². The highest BCUT2D eigenvalue weighted by Crippen LogP contribution is 2.15. The van der Waals surface area contributed by atoms with E-state index in [0.717, 1.165) is 19.1 Å². The third kappa shape index (κ3) is 3.28. The fourth-order valence-electron chi connectivity index (χ4n) is 2.18. The molecule has 0 amide bonds. The van der Waals surface area contributed by atoms with Crippen LogP contribution in [0.5, 0.6) is 0 Å². The number of hydrogen-bond donors (Lipinski definition) is 0. The van der Waals surface area contributed by atoms with Gasteiger partial charge in [-0.25, -0.2) is 0 Å². The highest BCUT2D eigenvalue weighted by atomic mass is 16.5. The molecule has 0 bridgehead atoms. The third-order valence-corrected chi connectivity index (χ3v) is 2.78. The van der Waals surface area contributed by atoms with Gasteiger partial charge in [-0.15, -0.1) is 0 Å². The van der Waals surface area contributed by atoms with Crippen LogP contribution in [0.2, 0.25) is 0 Å². The first-order valence-electron chi connectivity index (χ1n) is 5.53. The van der Waals surface area contributed by atoms with Crippen molar-refractivity contribution in [3.63, 3.8) is 0 Å². The van der Waals surface area contributed by atoms with E-state index in [0.29, 0.717) is 12.2 Å². The van der Waals surface area contributed by atoms with Crippen LogP contribution in [0.4, 0.5) is 0 Å². The molecule has 0 N–H and O–H groups in total. The molecule has 0 aromatic carbocycles. The summed E-state index contributed by atoms with van der Waals surface area (Å²) in [5.41, 5.74) is 0. The van der Waals surface area contributed by atoms with Crippen LogP contribution in [-0.2, 0) is 4.74 Å². The van der Waals surface area contributed by atoms with E-state index in [1.807, 2.05) is 0 Å². The van der Waals surface area contributed by atoms with Crippen LogP contribution in [0.3, 0.4) is 0 Å². The van der Waals surface area contributed by atoms with Gasteiger partial charge in [0.15, 0.2) is 0 Å². The normalized spacial score (nSPS) is 33.2. The molecule has 2 heteroatoms. The Morgan fingerprint density at radius 1 is 1.31 bits per heavy atom. The molecule has 0 spiro atoms. The Morgan fingerprint density at radius 2 is 1.85 bits per heavy atom. The maximum absolute atomic E-state index is 5.70. The Labute approximate surface area is 82.3 Å². The molecule has 0 aromatic heterocycles. The molecule has 0 aliphatic carbocycles. The quantitative estimate of drug-likeness (QED) is 0.669. The topological polar surface area (TPSA) is 12.5 Å². The first-order chi connectivity index (χ1) is 6.13. The van der Waals surface area contributed by atoms with Crippen molar-refractivity contribution in [1.82, 2.24) is 4.90 Å². The van der Waals surface area contributed by atoms with E-state index in [1.165, 1.54) is 12.8 Å². The average Bonchev–Trinajstić information content (AvgIpc) is 2.03. The zero-order valence-corrected chi connectivity index (χ0v) is 9.42. The monoisotopic (exact) mass is 185 g/mol. The molecule has 1 aliphatic heterocycles. The van der Waals surface area contributed by atoms with Gasteiger partial charge in [0.2, 0.25) is 0 Å². The molecule has 2 nitrogen and oxygen atoms in total. The van der Waals surface area contributed by atoms with Crippen molar-refractivity contribution in [2.24, 2.45) is 0 Å². The van der Waals surface area contributed by atoms with Crippen LogP contribution in [-0.4, -0.2) is 36.2 Å². The minimum Gasteiger partial charge on any atom is -0.373 e. The van der Waals surface area contributed by atoms with Crippen molar-refractivity contribution in [1.29, 1.82) is 0 Å². The Kier molecular flexibility index (Phi) is 4.20. The van der Waals surface area contributed by atoms with E-state index in [9.17, 15) is 0 Å². The van der Waals surface area contributed by atoms with Gasteiger partial charge < -0.3 is 4.74 Å². The van der Waals surface area contributed by atoms with Gasteiger partial charge >= 0.3 is 0 Å². The molecule has 0 radical (unpaired) electrons. The molecular formula is C11H23NO. The Morgan fingerprint density at radius 3 is 2.31 bits per heavy atom. The molecule has 1 rings (SSSR count). The average molecular weight is 185 g/mol. The van der Waals surface area contributed by atoms with Gasteiger partial charge in [0.1, 0.15) is 0 Å². The lowest BCUT2D eigenvalue weighted by molar-refractivity contribution is -0.0791. The fourth-order valence-corrected chi connectivity index (χ4v) is 2.18. The molecule has 1 fully saturated rings. The van der Waals surface area contributed by atoms with Crippen molar-refractivity contribution in [2.45, 2.75) is 58.8 Å². The van der Waals surface area contributed by atoms with E-state index in [-0.39, 0.29) is 0 Å². The summed E-state index contributed by atoms with van der Waals surface area (Å²) in [5, 5.41) is 0. The maximum atomic E-state index is 5.70. The van der Waals surface area contributed by atoms with Crippen LogP contribution in [0.1, 0.15) is 40.5 Å². The minimum absolute atomic E-state index is 0.406. The van der Waals surface area contributed by atoms with Gasteiger partial charge in [-0.1, -0.05) is 13.3 Å². The third-order valence-electron chi connectivity index (χ3n) is 2.78. The zero-order chi connectivity index (χ0) is 9.84. The first-order valence-corrected chi connectivity index (χ1v) is 5.53. The lowest BCUT2D eigenvalue weighted by atomic mass is 10.1. The summed E-state index contributed by atoms with van der Waals surface area (Å²) in [6.45, 7) is 11.1. The van der Waals surface area contributed by atoms with Gasteiger partial charge in [-0.05, 0) is 27.2 Å². The van der Waals surface area contributed by atoms with Crippen molar-refractivity contribution < 1.29 is 4.74 Å². The predicted molar refractivity (Wildman–Crippen MR) is 56.0 cm³/mol. The number of rotatable bonds is 3. The van der Waals surface area contributed by atoms with Gasteiger partial charge in [0, 0.05) is 19.1 Å². The Balaban J connectivity index is 2.40. The maximum Gasteiger partial charge on any atom is 0.0678 e. The number of hydrogen-bond acceptors (Lipinski definition) is 2. The molecule has 0 aromatic rings. The minimum atomic E-state index is 0.406. The number of nitrogens with zero attached hydrogens (tertiary/aromatic N) is 1. The van der Waals surface area contributed by atoms with E-state index >= 15 is 0 Å².